The summed E-state index contributed by atoms with van der Waals surface area (Å²) >= 11 is 0. The monoisotopic (exact) mass is 263 g/mol. The van der Waals surface area contributed by atoms with Crippen molar-refractivity contribution in [1.82, 2.24) is 4.90 Å². The van der Waals surface area contributed by atoms with Crippen molar-refractivity contribution in [1.29, 1.82) is 0 Å². The van der Waals surface area contributed by atoms with Crippen LogP contribution in [0.25, 0.3) is 0 Å². The molecule has 19 heavy (non-hydrogen) atoms. The van der Waals surface area contributed by atoms with Crippen molar-refractivity contribution < 1.29 is 9.53 Å². The largest absolute Gasteiger partial charge is 0.397 e. The Kier molecular flexibility index (Phi) is 4.27. The van der Waals surface area contributed by atoms with Gasteiger partial charge >= 0.3 is 0 Å². The number of hydrogen-bond acceptors (Lipinski definition) is 4. The second-order valence-corrected chi connectivity index (χ2v) is 4.93. The van der Waals surface area contributed by atoms with E-state index < -0.39 is 0 Å². The van der Waals surface area contributed by atoms with E-state index in [4.69, 9.17) is 10.5 Å². The number of ether oxygens (including phenoxy) is 1. The number of carbonyl (C=O) groups excluding carboxylic acids is 1. The van der Waals surface area contributed by atoms with Crippen molar-refractivity contribution >= 4 is 17.3 Å². The molecule has 0 aliphatic carbocycles. The molecule has 0 aromatic heterocycles. The number of nitrogen functional groups attached to an aromatic ring is 1. The molecule has 1 fully saturated rings. The summed E-state index contributed by atoms with van der Waals surface area (Å²) in [5, 5.41) is 0. The van der Waals surface area contributed by atoms with E-state index in [1.54, 1.807) is 6.07 Å². The van der Waals surface area contributed by atoms with Gasteiger partial charge in [-0.05, 0) is 24.6 Å². The van der Waals surface area contributed by atoms with Crippen LogP contribution in [0.2, 0.25) is 0 Å². The van der Waals surface area contributed by atoms with Gasteiger partial charge in [0.05, 0.1) is 18.0 Å². The molecule has 0 saturated carbocycles. The van der Waals surface area contributed by atoms with Crippen LogP contribution in [0.3, 0.4) is 0 Å². The summed E-state index contributed by atoms with van der Waals surface area (Å²) in [6.07, 6.45) is 0.886. The predicted molar refractivity (Wildman–Crippen MR) is 76.5 cm³/mol. The molecule has 1 amide bonds. The highest BCUT2D eigenvalue weighted by molar-refractivity contribution is 5.96. The van der Waals surface area contributed by atoms with Crippen LogP contribution in [-0.4, -0.2) is 51.2 Å². The van der Waals surface area contributed by atoms with E-state index >= 15 is 0 Å². The van der Waals surface area contributed by atoms with Crippen LogP contribution >= 0.6 is 0 Å². The van der Waals surface area contributed by atoms with E-state index in [1.807, 2.05) is 36.0 Å². The van der Waals surface area contributed by atoms with Gasteiger partial charge in [-0.25, -0.2) is 0 Å². The van der Waals surface area contributed by atoms with Crippen molar-refractivity contribution in [3.8, 4) is 0 Å². The summed E-state index contributed by atoms with van der Waals surface area (Å²) in [7, 11) is 3.86. The molecule has 0 radical (unpaired) electrons. The van der Waals surface area contributed by atoms with E-state index in [1.165, 1.54) is 0 Å². The number of amides is 1. The Balaban J connectivity index is 2.16. The summed E-state index contributed by atoms with van der Waals surface area (Å²) < 4.78 is 5.36. The minimum Gasteiger partial charge on any atom is -0.397 e. The zero-order valence-electron chi connectivity index (χ0n) is 11.6. The maximum Gasteiger partial charge on any atom is 0.254 e. The molecule has 5 nitrogen and oxygen atoms in total. The topological polar surface area (TPSA) is 58.8 Å². The first-order valence-electron chi connectivity index (χ1n) is 6.53. The highest BCUT2D eigenvalue weighted by Gasteiger charge is 2.18. The summed E-state index contributed by atoms with van der Waals surface area (Å²) in [6, 6.07) is 5.47. The highest BCUT2D eigenvalue weighted by atomic mass is 16.5. The molecule has 2 rings (SSSR count). The van der Waals surface area contributed by atoms with Crippen LogP contribution < -0.4 is 10.6 Å². The SMILES string of the molecule is CN(C)c1ccc(C(=O)N2CCCOCC2)cc1N. The van der Waals surface area contributed by atoms with E-state index in [9.17, 15) is 4.79 Å². The van der Waals surface area contributed by atoms with Crippen molar-refractivity contribution in [3.05, 3.63) is 23.8 Å². The quantitative estimate of drug-likeness (QED) is 0.814. The fraction of sp³-hybridized carbons (Fsp3) is 0.500. The summed E-state index contributed by atoms with van der Waals surface area (Å²) in [4.78, 5) is 16.2. The lowest BCUT2D eigenvalue weighted by Crippen LogP contribution is -2.33. The van der Waals surface area contributed by atoms with Crippen molar-refractivity contribution in [2.45, 2.75) is 6.42 Å². The Hall–Kier alpha value is -1.75. The summed E-state index contributed by atoms with van der Waals surface area (Å²) in [6.45, 7) is 2.73. The fourth-order valence-electron chi connectivity index (χ4n) is 2.23. The highest BCUT2D eigenvalue weighted by Crippen LogP contribution is 2.23. The summed E-state index contributed by atoms with van der Waals surface area (Å²) in [5.41, 5.74) is 8.18. The molecule has 1 heterocycles. The molecule has 1 aliphatic heterocycles. The van der Waals surface area contributed by atoms with Gasteiger partial charge in [-0.15, -0.1) is 0 Å². The van der Waals surface area contributed by atoms with E-state index in [0.29, 0.717) is 24.4 Å². The van der Waals surface area contributed by atoms with Gasteiger partial charge in [-0.3, -0.25) is 4.79 Å². The number of nitrogens with zero attached hydrogens (tertiary/aromatic N) is 2. The van der Waals surface area contributed by atoms with Crippen molar-refractivity contribution in [3.63, 3.8) is 0 Å². The third kappa shape index (κ3) is 3.17. The first kappa shape index (κ1) is 13.7. The standard InChI is InChI=1S/C14H21N3O2/c1-16(2)13-5-4-11(10-12(13)15)14(18)17-6-3-8-19-9-7-17/h4-5,10H,3,6-9,15H2,1-2H3. The molecule has 1 aromatic rings. The average Bonchev–Trinajstić information content (AvgIpc) is 2.66. The third-order valence-corrected chi connectivity index (χ3v) is 3.27. The van der Waals surface area contributed by atoms with Gasteiger partial charge in [0.2, 0.25) is 0 Å². The van der Waals surface area contributed by atoms with Gasteiger partial charge in [0.25, 0.3) is 5.91 Å². The maximum atomic E-state index is 12.4. The Morgan fingerprint density at radius 3 is 2.79 bits per heavy atom. The maximum absolute atomic E-state index is 12.4. The molecule has 104 valence electrons. The first-order valence-corrected chi connectivity index (χ1v) is 6.53. The van der Waals surface area contributed by atoms with Crippen LogP contribution in [0.5, 0.6) is 0 Å². The number of rotatable bonds is 2. The Labute approximate surface area is 113 Å². The molecular weight excluding hydrogens is 242 g/mol. The van der Waals surface area contributed by atoms with E-state index in [0.717, 1.165) is 25.3 Å². The zero-order valence-corrected chi connectivity index (χ0v) is 11.6. The molecule has 0 spiro atoms. The number of hydrogen-bond donors (Lipinski definition) is 1. The zero-order chi connectivity index (χ0) is 13.8. The molecule has 5 heteroatoms. The molecule has 0 atom stereocenters. The van der Waals surface area contributed by atoms with Gasteiger partial charge < -0.3 is 20.3 Å². The smallest absolute Gasteiger partial charge is 0.254 e. The molecule has 1 aromatic carbocycles. The minimum atomic E-state index is 0.0301. The number of nitrogens with two attached hydrogens (primary N) is 1. The number of benzene rings is 1. The fourth-order valence-corrected chi connectivity index (χ4v) is 2.23. The number of anilines is 2. The third-order valence-electron chi connectivity index (χ3n) is 3.27. The Morgan fingerprint density at radius 2 is 2.11 bits per heavy atom. The molecule has 1 saturated heterocycles. The lowest BCUT2D eigenvalue weighted by atomic mass is 10.1. The lowest BCUT2D eigenvalue weighted by molar-refractivity contribution is 0.0741. The predicted octanol–water partition coefficient (Wildman–Crippen LogP) is 1.20. The molecule has 0 unspecified atom stereocenters. The molecular formula is C14H21N3O2. The molecule has 0 bridgehead atoms. The second kappa shape index (κ2) is 5.93. The average molecular weight is 263 g/mol. The van der Waals surface area contributed by atoms with Crippen LogP contribution in [0.4, 0.5) is 11.4 Å². The van der Waals surface area contributed by atoms with Gasteiger partial charge in [-0.2, -0.15) is 0 Å². The second-order valence-electron chi connectivity index (χ2n) is 4.93. The Bertz CT molecular complexity index is 452. The van der Waals surface area contributed by atoms with Crippen LogP contribution in [-0.2, 0) is 4.74 Å². The van der Waals surface area contributed by atoms with Crippen molar-refractivity contribution in [2.75, 3.05) is 51.0 Å². The normalized spacial score (nSPS) is 16.0. The summed E-state index contributed by atoms with van der Waals surface area (Å²) in [5.74, 6) is 0.0301. The Morgan fingerprint density at radius 1 is 1.32 bits per heavy atom. The van der Waals surface area contributed by atoms with E-state index in [-0.39, 0.29) is 5.91 Å². The molecule has 2 N–H and O–H groups in total. The van der Waals surface area contributed by atoms with Gasteiger partial charge in [0.1, 0.15) is 0 Å². The van der Waals surface area contributed by atoms with Gasteiger partial charge in [0.15, 0.2) is 0 Å². The van der Waals surface area contributed by atoms with Crippen LogP contribution in [0, 0.1) is 0 Å². The number of carbonyl (C=O) groups is 1. The minimum absolute atomic E-state index is 0.0301. The van der Waals surface area contributed by atoms with Gasteiger partial charge in [0, 0.05) is 39.4 Å². The van der Waals surface area contributed by atoms with Crippen LogP contribution in [0.1, 0.15) is 16.8 Å². The van der Waals surface area contributed by atoms with Crippen molar-refractivity contribution in [2.24, 2.45) is 0 Å². The van der Waals surface area contributed by atoms with E-state index in [2.05, 4.69) is 0 Å². The lowest BCUT2D eigenvalue weighted by Gasteiger charge is -2.21. The van der Waals surface area contributed by atoms with Gasteiger partial charge in [-0.1, -0.05) is 0 Å². The first-order chi connectivity index (χ1) is 9.09. The molecule has 1 aliphatic rings. The van der Waals surface area contributed by atoms with Crippen LogP contribution in [0.15, 0.2) is 18.2 Å².